The number of aryl methyl sites for hydroxylation is 2. The maximum atomic E-state index is 12.1. The predicted molar refractivity (Wildman–Crippen MR) is 80.1 cm³/mol. The summed E-state index contributed by atoms with van der Waals surface area (Å²) in [7, 11) is 0. The van der Waals surface area contributed by atoms with Crippen LogP contribution < -0.4 is 11.1 Å². The Balaban J connectivity index is 2.93. The Morgan fingerprint density at radius 2 is 1.63 bits per heavy atom. The predicted octanol–water partition coefficient (Wildman–Crippen LogP) is 2.52. The number of carbonyl (C=O) groups is 1. The number of nitrogens with one attached hydrogen (secondary N) is 1. The Kier molecular flexibility index (Phi) is 4.75. The number of amides is 1. The fourth-order valence-electron chi connectivity index (χ4n) is 2.06. The molecule has 3 heteroatoms. The molecular formula is C16H26N2O. The summed E-state index contributed by atoms with van der Waals surface area (Å²) in [6, 6.07) is 2.19. The molecule has 0 heterocycles. The number of carbonyl (C=O) groups excluding carboxylic acids is 1. The van der Waals surface area contributed by atoms with Crippen molar-refractivity contribution in [2.45, 2.75) is 48.1 Å². The maximum Gasteiger partial charge on any atom is 0.227 e. The third-order valence-electron chi connectivity index (χ3n) is 4.07. The third kappa shape index (κ3) is 3.35. The molecule has 0 spiro atoms. The van der Waals surface area contributed by atoms with Crippen molar-refractivity contribution in [1.82, 2.24) is 5.32 Å². The van der Waals surface area contributed by atoms with Crippen LogP contribution in [0.25, 0.3) is 0 Å². The summed E-state index contributed by atoms with van der Waals surface area (Å²) >= 11 is 0. The zero-order valence-corrected chi connectivity index (χ0v) is 13.0. The largest absolute Gasteiger partial charge is 0.351 e. The molecule has 0 saturated heterocycles. The van der Waals surface area contributed by atoms with Gasteiger partial charge in [0.05, 0.1) is 5.41 Å². The highest BCUT2D eigenvalue weighted by molar-refractivity contribution is 5.82. The van der Waals surface area contributed by atoms with Crippen LogP contribution in [0.15, 0.2) is 6.07 Å². The van der Waals surface area contributed by atoms with Crippen molar-refractivity contribution in [3.8, 4) is 0 Å². The summed E-state index contributed by atoms with van der Waals surface area (Å²) in [5.74, 6) is 0.00737. The molecule has 1 rings (SSSR count). The minimum atomic E-state index is -0.513. The van der Waals surface area contributed by atoms with Gasteiger partial charge in [-0.2, -0.15) is 0 Å². The van der Waals surface area contributed by atoms with Gasteiger partial charge in [0, 0.05) is 13.1 Å². The van der Waals surface area contributed by atoms with Gasteiger partial charge in [0.2, 0.25) is 5.91 Å². The van der Waals surface area contributed by atoms with Crippen molar-refractivity contribution in [3.05, 3.63) is 33.9 Å². The first-order chi connectivity index (χ1) is 8.70. The van der Waals surface area contributed by atoms with Crippen molar-refractivity contribution in [1.29, 1.82) is 0 Å². The fourth-order valence-corrected chi connectivity index (χ4v) is 2.06. The lowest BCUT2D eigenvalue weighted by Gasteiger charge is -2.23. The van der Waals surface area contributed by atoms with E-state index in [1.807, 2.05) is 13.8 Å². The summed E-state index contributed by atoms with van der Waals surface area (Å²) in [5.41, 5.74) is 11.4. The van der Waals surface area contributed by atoms with Crippen molar-refractivity contribution in [2.24, 2.45) is 11.1 Å². The van der Waals surface area contributed by atoms with Crippen LogP contribution in [0, 0.1) is 33.1 Å². The molecule has 1 aromatic carbocycles. The Morgan fingerprint density at radius 1 is 1.16 bits per heavy atom. The zero-order valence-electron chi connectivity index (χ0n) is 13.0. The summed E-state index contributed by atoms with van der Waals surface area (Å²) in [6.45, 7) is 13.1. The highest BCUT2D eigenvalue weighted by Crippen LogP contribution is 2.22. The van der Waals surface area contributed by atoms with E-state index in [0.717, 1.165) is 0 Å². The Bertz CT molecular complexity index is 464. The molecule has 0 fully saturated rings. The summed E-state index contributed by atoms with van der Waals surface area (Å²) in [6.07, 6.45) is 0. The first-order valence-corrected chi connectivity index (χ1v) is 6.75. The van der Waals surface area contributed by atoms with Crippen LogP contribution in [0.5, 0.6) is 0 Å². The molecule has 3 N–H and O–H groups in total. The minimum absolute atomic E-state index is 0.00737. The van der Waals surface area contributed by atoms with E-state index in [4.69, 9.17) is 5.73 Å². The van der Waals surface area contributed by atoms with Crippen LogP contribution in [-0.4, -0.2) is 12.5 Å². The monoisotopic (exact) mass is 262 g/mol. The second-order valence-electron chi connectivity index (χ2n) is 6.01. The smallest absolute Gasteiger partial charge is 0.227 e. The van der Waals surface area contributed by atoms with Crippen LogP contribution in [0.2, 0.25) is 0 Å². The van der Waals surface area contributed by atoms with Gasteiger partial charge in [0.1, 0.15) is 0 Å². The van der Waals surface area contributed by atoms with Crippen LogP contribution in [-0.2, 0) is 11.3 Å². The first kappa shape index (κ1) is 15.7. The Morgan fingerprint density at radius 3 is 2.05 bits per heavy atom. The lowest BCUT2D eigenvalue weighted by atomic mass is 9.91. The summed E-state index contributed by atoms with van der Waals surface area (Å²) in [4.78, 5) is 12.1. The Hall–Kier alpha value is -1.35. The molecule has 0 atom stereocenters. The average molecular weight is 262 g/mol. The van der Waals surface area contributed by atoms with Gasteiger partial charge < -0.3 is 11.1 Å². The number of hydrogen-bond acceptors (Lipinski definition) is 2. The molecule has 0 aliphatic carbocycles. The third-order valence-corrected chi connectivity index (χ3v) is 4.07. The quantitative estimate of drug-likeness (QED) is 0.876. The van der Waals surface area contributed by atoms with Crippen molar-refractivity contribution < 1.29 is 4.79 Å². The molecule has 19 heavy (non-hydrogen) atoms. The lowest BCUT2D eigenvalue weighted by molar-refractivity contribution is -0.129. The molecule has 0 saturated carbocycles. The van der Waals surface area contributed by atoms with E-state index in [2.05, 4.69) is 39.1 Å². The molecule has 0 unspecified atom stereocenters. The molecule has 0 radical (unpaired) electrons. The Labute approximate surface area is 116 Å². The second-order valence-corrected chi connectivity index (χ2v) is 6.01. The maximum absolute atomic E-state index is 12.1. The van der Waals surface area contributed by atoms with Gasteiger partial charge in [0.25, 0.3) is 0 Å². The van der Waals surface area contributed by atoms with Gasteiger partial charge in [-0.15, -0.1) is 0 Å². The first-order valence-electron chi connectivity index (χ1n) is 6.75. The van der Waals surface area contributed by atoms with Gasteiger partial charge in [-0.3, -0.25) is 4.79 Å². The van der Waals surface area contributed by atoms with Gasteiger partial charge in [0.15, 0.2) is 0 Å². The molecule has 106 valence electrons. The van der Waals surface area contributed by atoms with Crippen LogP contribution in [0.4, 0.5) is 0 Å². The van der Waals surface area contributed by atoms with Crippen molar-refractivity contribution in [3.63, 3.8) is 0 Å². The van der Waals surface area contributed by atoms with Gasteiger partial charge in [-0.25, -0.2) is 0 Å². The summed E-state index contributed by atoms with van der Waals surface area (Å²) in [5, 5.41) is 3.01. The SMILES string of the molecule is Cc1cc(C)c(C)c(CNC(=O)C(C)(C)CN)c1C. The van der Waals surface area contributed by atoms with Gasteiger partial charge in [-0.05, 0) is 69.4 Å². The standard InChI is InChI=1S/C16H26N2O/c1-10-7-11(2)13(4)14(12(10)3)8-18-15(19)16(5,6)9-17/h7H,8-9,17H2,1-6H3,(H,18,19). The molecule has 0 aromatic heterocycles. The van der Waals surface area contributed by atoms with Crippen molar-refractivity contribution >= 4 is 5.91 Å². The highest BCUT2D eigenvalue weighted by atomic mass is 16.2. The van der Waals surface area contributed by atoms with Crippen LogP contribution >= 0.6 is 0 Å². The number of rotatable bonds is 4. The van der Waals surface area contributed by atoms with E-state index in [1.165, 1.54) is 27.8 Å². The summed E-state index contributed by atoms with van der Waals surface area (Å²) < 4.78 is 0. The minimum Gasteiger partial charge on any atom is -0.351 e. The van der Waals surface area contributed by atoms with E-state index < -0.39 is 5.41 Å². The van der Waals surface area contributed by atoms with E-state index >= 15 is 0 Å². The normalized spacial score (nSPS) is 11.5. The van der Waals surface area contributed by atoms with E-state index in [-0.39, 0.29) is 5.91 Å². The van der Waals surface area contributed by atoms with E-state index in [1.54, 1.807) is 0 Å². The molecule has 1 aromatic rings. The topological polar surface area (TPSA) is 55.1 Å². The van der Waals surface area contributed by atoms with E-state index in [9.17, 15) is 4.79 Å². The molecule has 0 aliphatic rings. The second kappa shape index (κ2) is 5.74. The lowest BCUT2D eigenvalue weighted by Crippen LogP contribution is -2.41. The van der Waals surface area contributed by atoms with E-state index in [0.29, 0.717) is 13.1 Å². The fraction of sp³-hybridized carbons (Fsp3) is 0.562. The molecule has 0 bridgehead atoms. The van der Waals surface area contributed by atoms with Crippen LogP contribution in [0.1, 0.15) is 41.7 Å². The zero-order chi connectivity index (χ0) is 14.8. The molecular weight excluding hydrogens is 236 g/mol. The average Bonchev–Trinajstić information content (AvgIpc) is 2.36. The number of benzene rings is 1. The van der Waals surface area contributed by atoms with Gasteiger partial charge >= 0.3 is 0 Å². The van der Waals surface area contributed by atoms with Crippen molar-refractivity contribution in [2.75, 3.05) is 6.54 Å². The number of hydrogen-bond donors (Lipinski definition) is 2. The number of nitrogens with two attached hydrogens (primary N) is 1. The van der Waals surface area contributed by atoms with Gasteiger partial charge in [-0.1, -0.05) is 6.07 Å². The molecule has 0 aliphatic heterocycles. The highest BCUT2D eigenvalue weighted by Gasteiger charge is 2.25. The van der Waals surface area contributed by atoms with Crippen LogP contribution in [0.3, 0.4) is 0 Å². The molecule has 1 amide bonds. The molecule has 3 nitrogen and oxygen atoms in total.